The van der Waals surface area contributed by atoms with Gasteiger partial charge < -0.3 is 9.64 Å². The van der Waals surface area contributed by atoms with Crippen LogP contribution in [0.25, 0.3) is 0 Å². The Morgan fingerprint density at radius 1 is 1.56 bits per heavy atom. The van der Waals surface area contributed by atoms with Gasteiger partial charge in [0.05, 0.1) is 0 Å². The average Bonchev–Trinajstić information content (AvgIpc) is 2.76. The highest BCUT2D eigenvalue weighted by Gasteiger charge is 2.26. The van der Waals surface area contributed by atoms with Gasteiger partial charge in [-0.25, -0.2) is 9.78 Å². The number of rotatable bonds is 2. The van der Waals surface area contributed by atoms with Gasteiger partial charge in [-0.1, -0.05) is 6.07 Å². The molecule has 0 radical (unpaired) electrons. The number of carbonyl (C=O) groups is 1. The van der Waals surface area contributed by atoms with Crippen molar-refractivity contribution < 1.29 is 9.53 Å². The lowest BCUT2D eigenvalue weighted by Crippen LogP contribution is -2.27. The van der Waals surface area contributed by atoms with Crippen LogP contribution in [0.4, 0.5) is 4.79 Å². The average molecular weight is 249 g/mol. The first-order chi connectivity index (χ1) is 8.59. The molecule has 98 valence electrons. The van der Waals surface area contributed by atoms with Crippen LogP contribution in [0.2, 0.25) is 0 Å². The van der Waals surface area contributed by atoms with Gasteiger partial charge in [0.1, 0.15) is 0 Å². The molecule has 2 heterocycles. The molecule has 0 unspecified atom stereocenters. The molecule has 5 nitrogen and oxygen atoms in total. The maximum Gasteiger partial charge on any atom is 0.416 e. The van der Waals surface area contributed by atoms with E-state index in [9.17, 15) is 4.79 Å². The summed E-state index contributed by atoms with van der Waals surface area (Å²) in [6, 6.07) is 4.16. The highest BCUT2D eigenvalue weighted by Crippen LogP contribution is 2.34. The van der Waals surface area contributed by atoms with Gasteiger partial charge in [0.2, 0.25) is 5.88 Å². The molecule has 1 aliphatic rings. The summed E-state index contributed by atoms with van der Waals surface area (Å²) in [7, 11) is 5.40. The van der Waals surface area contributed by atoms with Crippen LogP contribution in [0.15, 0.2) is 18.3 Å². The van der Waals surface area contributed by atoms with Crippen molar-refractivity contribution in [1.82, 2.24) is 14.8 Å². The van der Waals surface area contributed by atoms with Crippen molar-refractivity contribution in [1.29, 1.82) is 0 Å². The van der Waals surface area contributed by atoms with E-state index >= 15 is 0 Å². The fourth-order valence-corrected chi connectivity index (χ4v) is 2.22. The second-order valence-corrected chi connectivity index (χ2v) is 4.80. The van der Waals surface area contributed by atoms with Crippen LogP contribution in [0.5, 0.6) is 5.88 Å². The number of pyridine rings is 1. The van der Waals surface area contributed by atoms with Crippen molar-refractivity contribution >= 4 is 6.09 Å². The summed E-state index contributed by atoms with van der Waals surface area (Å²) >= 11 is 0. The number of amides is 1. The number of hydrogen-bond acceptors (Lipinski definition) is 4. The highest BCUT2D eigenvalue weighted by atomic mass is 16.6. The quantitative estimate of drug-likeness (QED) is 0.803. The molecule has 1 atom stereocenters. The SMILES string of the molecule is CN(C)C(=O)Oc1ncccc1[C@H]1CCCN1C. The number of ether oxygens (including phenoxy) is 1. The second-order valence-electron chi connectivity index (χ2n) is 4.80. The molecule has 5 heteroatoms. The maximum atomic E-state index is 11.6. The Balaban J connectivity index is 2.22. The van der Waals surface area contributed by atoms with E-state index < -0.39 is 6.09 Å². The monoisotopic (exact) mass is 249 g/mol. The van der Waals surface area contributed by atoms with Gasteiger partial charge in [-0.05, 0) is 32.5 Å². The molecule has 1 amide bonds. The number of aromatic nitrogens is 1. The highest BCUT2D eigenvalue weighted by molar-refractivity contribution is 5.69. The van der Waals surface area contributed by atoms with Crippen LogP contribution < -0.4 is 4.74 Å². The zero-order valence-electron chi connectivity index (χ0n) is 11.1. The predicted molar refractivity (Wildman–Crippen MR) is 68.6 cm³/mol. The van der Waals surface area contributed by atoms with Gasteiger partial charge in [0, 0.05) is 31.9 Å². The molecule has 1 aromatic heterocycles. The summed E-state index contributed by atoms with van der Waals surface area (Å²) in [4.78, 5) is 19.5. The Labute approximate surface area is 107 Å². The van der Waals surface area contributed by atoms with Gasteiger partial charge in [0.15, 0.2) is 0 Å². The second kappa shape index (κ2) is 5.35. The largest absolute Gasteiger partial charge is 0.416 e. The van der Waals surface area contributed by atoms with E-state index in [4.69, 9.17) is 4.74 Å². The molecule has 0 saturated carbocycles. The van der Waals surface area contributed by atoms with Gasteiger partial charge >= 0.3 is 6.09 Å². The molecule has 0 spiro atoms. The first kappa shape index (κ1) is 12.8. The minimum Gasteiger partial charge on any atom is -0.391 e. The Morgan fingerprint density at radius 2 is 2.33 bits per heavy atom. The Bertz CT molecular complexity index is 434. The van der Waals surface area contributed by atoms with Crippen molar-refractivity contribution in [3.63, 3.8) is 0 Å². The third kappa shape index (κ3) is 2.61. The topological polar surface area (TPSA) is 45.7 Å². The molecule has 0 aliphatic carbocycles. The number of nitrogens with zero attached hydrogens (tertiary/aromatic N) is 3. The fourth-order valence-electron chi connectivity index (χ4n) is 2.22. The van der Waals surface area contributed by atoms with Crippen molar-refractivity contribution in [3.05, 3.63) is 23.9 Å². The first-order valence-corrected chi connectivity index (χ1v) is 6.14. The molecule has 0 bridgehead atoms. The van der Waals surface area contributed by atoms with Gasteiger partial charge in [-0.3, -0.25) is 4.90 Å². The number of hydrogen-bond donors (Lipinski definition) is 0. The third-order valence-corrected chi connectivity index (χ3v) is 3.23. The molecule has 18 heavy (non-hydrogen) atoms. The molecular weight excluding hydrogens is 230 g/mol. The summed E-state index contributed by atoms with van der Waals surface area (Å²) in [6.07, 6.45) is 3.50. The minimum atomic E-state index is -0.393. The van der Waals surface area contributed by atoms with Crippen LogP contribution in [-0.4, -0.2) is 48.6 Å². The van der Waals surface area contributed by atoms with E-state index in [1.807, 2.05) is 12.1 Å². The van der Waals surface area contributed by atoms with Crippen LogP contribution in [0, 0.1) is 0 Å². The molecule has 1 fully saturated rings. The van der Waals surface area contributed by atoms with Crippen molar-refractivity contribution in [2.75, 3.05) is 27.7 Å². The van der Waals surface area contributed by atoms with E-state index in [-0.39, 0.29) is 0 Å². The Hall–Kier alpha value is -1.62. The van der Waals surface area contributed by atoms with E-state index in [0.29, 0.717) is 11.9 Å². The van der Waals surface area contributed by atoms with Gasteiger partial charge in [0.25, 0.3) is 0 Å². The molecular formula is C13H19N3O2. The summed E-state index contributed by atoms with van der Waals surface area (Å²) in [5.74, 6) is 0.426. The van der Waals surface area contributed by atoms with E-state index in [2.05, 4.69) is 16.9 Å². The van der Waals surface area contributed by atoms with E-state index in [1.54, 1.807) is 20.3 Å². The molecule has 0 aromatic carbocycles. The molecule has 1 aromatic rings. The summed E-state index contributed by atoms with van der Waals surface area (Å²) < 4.78 is 5.32. The van der Waals surface area contributed by atoms with E-state index in [0.717, 1.165) is 24.9 Å². The maximum absolute atomic E-state index is 11.6. The lowest BCUT2D eigenvalue weighted by Gasteiger charge is -2.21. The van der Waals surface area contributed by atoms with Crippen molar-refractivity contribution in [2.45, 2.75) is 18.9 Å². The van der Waals surface area contributed by atoms with E-state index in [1.165, 1.54) is 4.90 Å². The standard InChI is InChI=1S/C13H19N3O2/c1-15(2)13(17)18-12-10(6-4-8-14-12)11-7-5-9-16(11)3/h4,6,8,11H,5,7,9H2,1-3H3/t11-/m1/s1. The molecule has 1 saturated heterocycles. The fraction of sp³-hybridized carbons (Fsp3) is 0.538. The van der Waals surface area contributed by atoms with Crippen LogP contribution in [-0.2, 0) is 0 Å². The number of carbonyl (C=O) groups excluding carboxylic acids is 1. The smallest absolute Gasteiger partial charge is 0.391 e. The Kier molecular flexibility index (Phi) is 3.81. The zero-order valence-corrected chi connectivity index (χ0v) is 11.1. The Morgan fingerprint density at radius 3 is 2.94 bits per heavy atom. The van der Waals surface area contributed by atoms with Crippen molar-refractivity contribution in [3.8, 4) is 5.88 Å². The van der Waals surface area contributed by atoms with Crippen molar-refractivity contribution in [2.24, 2.45) is 0 Å². The van der Waals surface area contributed by atoms with Gasteiger partial charge in [-0.15, -0.1) is 0 Å². The first-order valence-electron chi connectivity index (χ1n) is 6.14. The van der Waals surface area contributed by atoms with Crippen LogP contribution in [0.1, 0.15) is 24.4 Å². The lowest BCUT2D eigenvalue weighted by molar-refractivity contribution is 0.168. The molecule has 0 N–H and O–H groups in total. The zero-order chi connectivity index (χ0) is 13.1. The van der Waals surface area contributed by atoms with Crippen LogP contribution in [0.3, 0.4) is 0 Å². The number of likely N-dealkylation sites (tertiary alicyclic amines) is 1. The summed E-state index contributed by atoms with van der Waals surface area (Å²) in [5, 5.41) is 0. The third-order valence-electron chi connectivity index (χ3n) is 3.23. The lowest BCUT2D eigenvalue weighted by atomic mass is 10.1. The summed E-state index contributed by atoms with van der Waals surface area (Å²) in [6.45, 7) is 1.07. The van der Waals surface area contributed by atoms with Gasteiger partial charge in [-0.2, -0.15) is 0 Å². The minimum absolute atomic E-state index is 0.295. The molecule has 2 rings (SSSR count). The molecule has 1 aliphatic heterocycles. The summed E-state index contributed by atoms with van der Waals surface area (Å²) in [5.41, 5.74) is 0.993. The van der Waals surface area contributed by atoms with Crippen LogP contribution >= 0.6 is 0 Å². The normalized spacial score (nSPS) is 19.8. The predicted octanol–water partition coefficient (Wildman–Crippen LogP) is 1.91.